The van der Waals surface area contributed by atoms with Crippen LogP contribution >= 0.6 is 11.3 Å². The van der Waals surface area contributed by atoms with Gasteiger partial charge in [-0.2, -0.15) is 0 Å². The van der Waals surface area contributed by atoms with Crippen molar-refractivity contribution < 1.29 is 5.11 Å². The quantitative estimate of drug-likeness (QED) is 0.677. The van der Waals surface area contributed by atoms with Gasteiger partial charge >= 0.3 is 0 Å². The molecule has 3 nitrogen and oxygen atoms in total. The first-order valence-electron chi connectivity index (χ1n) is 6.87. The van der Waals surface area contributed by atoms with Gasteiger partial charge in [-0.15, -0.1) is 11.3 Å². The lowest BCUT2D eigenvalue weighted by Gasteiger charge is -2.11. The standard InChI is InChI=1S/C16H16N2OS/c17-12(8-19)15-7-11-14(20-15)6-5-10-9-3-1-2-4-13(9)18-16(10)11/h1-4,7,12,18-19H,5-6,8,17H2. The molecule has 0 saturated heterocycles. The lowest BCUT2D eigenvalue weighted by atomic mass is 9.94. The maximum Gasteiger partial charge on any atom is 0.0632 e. The SMILES string of the molecule is NC(CO)c1cc2c(s1)CCc1c-2[nH]c2ccccc12. The minimum absolute atomic E-state index is 0.00104. The van der Waals surface area contributed by atoms with Gasteiger partial charge in [-0.3, -0.25) is 0 Å². The molecule has 0 amide bonds. The fourth-order valence-corrected chi connectivity index (χ4v) is 4.21. The number of thiophene rings is 1. The van der Waals surface area contributed by atoms with Crippen molar-refractivity contribution in [1.29, 1.82) is 0 Å². The number of nitrogens with two attached hydrogens (primary N) is 1. The van der Waals surface area contributed by atoms with E-state index in [9.17, 15) is 5.11 Å². The Morgan fingerprint density at radius 2 is 2.15 bits per heavy atom. The monoisotopic (exact) mass is 284 g/mol. The topological polar surface area (TPSA) is 62.0 Å². The van der Waals surface area contributed by atoms with Crippen LogP contribution in [0.15, 0.2) is 30.3 Å². The van der Waals surface area contributed by atoms with Gasteiger partial charge in [0.05, 0.1) is 18.3 Å². The van der Waals surface area contributed by atoms with Gasteiger partial charge < -0.3 is 15.8 Å². The van der Waals surface area contributed by atoms with Gasteiger partial charge in [0.2, 0.25) is 0 Å². The maximum atomic E-state index is 9.23. The van der Waals surface area contributed by atoms with Gasteiger partial charge in [0, 0.05) is 26.2 Å². The van der Waals surface area contributed by atoms with E-state index in [1.165, 1.54) is 32.6 Å². The van der Waals surface area contributed by atoms with Crippen molar-refractivity contribution in [3.8, 4) is 11.3 Å². The Kier molecular flexibility index (Phi) is 2.70. The van der Waals surface area contributed by atoms with Crippen molar-refractivity contribution in [2.45, 2.75) is 18.9 Å². The minimum atomic E-state index is -0.265. The zero-order valence-electron chi connectivity index (χ0n) is 11.0. The molecular weight excluding hydrogens is 268 g/mol. The summed E-state index contributed by atoms with van der Waals surface area (Å²) in [5, 5.41) is 10.6. The molecule has 102 valence electrons. The van der Waals surface area contributed by atoms with Crippen molar-refractivity contribution in [2.75, 3.05) is 6.61 Å². The first-order chi connectivity index (χ1) is 9.78. The Morgan fingerprint density at radius 3 is 3.00 bits per heavy atom. The summed E-state index contributed by atoms with van der Waals surface area (Å²) in [5.74, 6) is 0. The molecule has 1 aromatic carbocycles. The van der Waals surface area contributed by atoms with Crippen LogP contribution in [0.2, 0.25) is 0 Å². The highest BCUT2D eigenvalue weighted by Gasteiger charge is 2.24. The number of aromatic amines is 1. The molecule has 1 atom stereocenters. The van der Waals surface area contributed by atoms with E-state index in [1.54, 1.807) is 11.3 Å². The van der Waals surface area contributed by atoms with Crippen molar-refractivity contribution >= 4 is 22.2 Å². The predicted octanol–water partition coefficient (Wildman–Crippen LogP) is 2.99. The van der Waals surface area contributed by atoms with Gasteiger partial charge in [0.25, 0.3) is 0 Å². The fraction of sp³-hybridized carbons (Fsp3) is 0.250. The average Bonchev–Trinajstić information content (AvgIpc) is 3.07. The highest BCUT2D eigenvalue weighted by Crippen LogP contribution is 2.42. The second kappa shape index (κ2) is 4.45. The van der Waals surface area contributed by atoms with Gasteiger partial charge in [-0.25, -0.2) is 0 Å². The lowest BCUT2D eigenvalue weighted by Crippen LogP contribution is -2.12. The molecule has 0 aliphatic heterocycles. The van der Waals surface area contributed by atoms with Crippen molar-refractivity contribution in [2.24, 2.45) is 5.73 Å². The summed E-state index contributed by atoms with van der Waals surface area (Å²) in [6, 6.07) is 10.3. The van der Waals surface area contributed by atoms with Gasteiger partial charge in [-0.05, 0) is 30.5 Å². The Morgan fingerprint density at radius 1 is 1.30 bits per heavy atom. The van der Waals surface area contributed by atoms with Gasteiger partial charge in [0.1, 0.15) is 0 Å². The summed E-state index contributed by atoms with van der Waals surface area (Å²) in [4.78, 5) is 6.00. The largest absolute Gasteiger partial charge is 0.394 e. The fourth-order valence-electron chi connectivity index (χ4n) is 3.05. The summed E-state index contributed by atoms with van der Waals surface area (Å²) in [5.41, 5.74) is 11.1. The maximum absolute atomic E-state index is 9.23. The van der Waals surface area contributed by atoms with E-state index < -0.39 is 0 Å². The Hall–Kier alpha value is -1.62. The molecule has 2 aromatic heterocycles. The summed E-state index contributed by atoms with van der Waals surface area (Å²) >= 11 is 1.74. The van der Waals surface area contributed by atoms with Crippen molar-refractivity contribution in [1.82, 2.24) is 4.98 Å². The predicted molar refractivity (Wildman–Crippen MR) is 83.0 cm³/mol. The third-order valence-corrected chi connectivity index (χ3v) is 5.40. The molecule has 3 aromatic rings. The average molecular weight is 284 g/mol. The molecule has 20 heavy (non-hydrogen) atoms. The molecule has 4 rings (SSSR count). The molecule has 0 bridgehead atoms. The molecule has 1 aliphatic rings. The zero-order valence-corrected chi connectivity index (χ0v) is 11.8. The number of benzene rings is 1. The van der Waals surface area contributed by atoms with Crippen LogP contribution in [-0.2, 0) is 12.8 Å². The van der Waals surface area contributed by atoms with E-state index in [0.29, 0.717) is 0 Å². The molecule has 1 aliphatic carbocycles. The highest BCUT2D eigenvalue weighted by atomic mass is 32.1. The van der Waals surface area contributed by atoms with E-state index in [4.69, 9.17) is 5.73 Å². The molecule has 4 N–H and O–H groups in total. The number of aryl methyl sites for hydroxylation is 2. The normalized spacial score (nSPS) is 15.1. The van der Waals surface area contributed by atoms with Crippen molar-refractivity contribution in [3.63, 3.8) is 0 Å². The smallest absolute Gasteiger partial charge is 0.0632 e. The third-order valence-electron chi connectivity index (χ3n) is 4.08. The number of rotatable bonds is 2. The van der Waals surface area contributed by atoms with Crippen LogP contribution in [0, 0.1) is 0 Å². The number of aromatic nitrogens is 1. The van der Waals surface area contributed by atoms with Crippen LogP contribution in [0.25, 0.3) is 22.2 Å². The van der Waals surface area contributed by atoms with E-state index >= 15 is 0 Å². The Labute approximate surface area is 121 Å². The second-order valence-electron chi connectivity index (χ2n) is 5.30. The first kappa shape index (κ1) is 12.1. The number of aliphatic hydroxyl groups is 1. The molecule has 0 spiro atoms. The summed E-state index contributed by atoms with van der Waals surface area (Å²) < 4.78 is 0. The van der Waals surface area contributed by atoms with E-state index in [2.05, 4.69) is 35.3 Å². The lowest BCUT2D eigenvalue weighted by molar-refractivity contribution is 0.269. The number of aliphatic hydroxyl groups excluding tert-OH is 1. The van der Waals surface area contributed by atoms with Crippen LogP contribution in [0.5, 0.6) is 0 Å². The number of nitrogens with one attached hydrogen (secondary N) is 1. The summed E-state index contributed by atoms with van der Waals surface area (Å²) in [6.07, 6.45) is 2.13. The minimum Gasteiger partial charge on any atom is -0.394 e. The number of hydrogen-bond acceptors (Lipinski definition) is 3. The van der Waals surface area contributed by atoms with Crippen molar-refractivity contribution in [3.05, 3.63) is 45.6 Å². The van der Waals surface area contributed by atoms with E-state index in [0.717, 1.165) is 17.7 Å². The van der Waals surface area contributed by atoms with Crippen LogP contribution in [-0.4, -0.2) is 16.7 Å². The Bertz CT molecular complexity index is 787. The van der Waals surface area contributed by atoms with Gasteiger partial charge in [-0.1, -0.05) is 18.2 Å². The van der Waals surface area contributed by atoms with Crippen LogP contribution < -0.4 is 5.73 Å². The van der Waals surface area contributed by atoms with Crippen LogP contribution in [0.1, 0.15) is 21.4 Å². The summed E-state index contributed by atoms with van der Waals surface area (Å²) in [7, 11) is 0. The van der Waals surface area contributed by atoms with E-state index in [-0.39, 0.29) is 12.6 Å². The molecule has 4 heteroatoms. The molecule has 0 saturated carbocycles. The third kappa shape index (κ3) is 1.66. The molecular formula is C16H16N2OS. The zero-order chi connectivity index (χ0) is 13.7. The van der Waals surface area contributed by atoms with Crippen LogP contribution in [0.4, 0.5) is 0 Å². The number of fused-ring (bicyclic) bond motifs is 5. The molecule has 1 unspecified atom stereocenters. The number of hydrogen-bond donors (Lipinski definition) is 3. The number of para-hydroxylation sites is 1. The Balaban J connectivity index is 1.92. The highest BCUT2D eigenvalue weighted by molar-refractivity contribution is 7.12. The summed E-state index contributed by atoms with van der Waals surface area (Å²) in [6.45, 7) is -0.00104. The second-order valence-corrected chi connectivity index (χ2v) is 6.47. The van der Waals surface area contributed by atoms with E-state index in [1.807, 2.05) is 0 Å². The first-order valence-corrected chi connectivity index (χ1v) is 7.68. The van der Waals surface area contributed by atoms with Gasteiger partial charge in [0.15, 0.2) is 0 Å². The molecule has 0 radical (unpaired) electrons. The number of H-pyrrole nitrogens is 1. The molecule has 2 heterocycles. The van der Waals surface area contributed by atoms with Crippen LogP contribution in [0.3, 0.4) is 0 Å². The molecule has 0 fully saturated rings.